The normalized spacial score (nSPS) is 11.3. The highest BCUT2D eigenvalue weighted by molar-refractivity contribution is 14.1. The lowest BCUT2D eigenvalue weighted by molar-refractivity contribution is 0.415. The van der Waals surface area contributed by atoms with Gasteiger partial charge >= 0.3 is 0 Å². The highest BCUT2D eigenvalue weighted by atomic mass is 127. The molecule has 0 aliphatic rings. The van der Waals surface area contributed by atoms with Crippen LogP contribution in [0.2, 0.25) is 0 Å². The number of rotatable bonds is 4. The van der Waals surface area contributed by atoms with E-state index in [1.54, 1.807) is 11.7 Å². The Morgan fingerprint density at radius 1 is 1.00 bits per heavy atom. The van der Waals surface area contributed by atoms with Crippen LogP contribution < -0.4 is 10.3 Å². The lowest BCUT2D eigenvalue weighted by atomic mass is 10.2. The van der Waals surface area contributed by atoms with Crippen molar-refractivity contribution in [3.63, 3.8) is 0 Å². The fourth-order valence-electron chi connectivity index (χ4n) is 3.06. The predicted octanol–water partition coefficient (Wildman–Crippen LogP) is 6.69. The Morgan fingerprint density at radius 3 is 2.50 bits per heavy atom. The van der Waals surface area contributed by atoms with Crippen LogP contribution in [0.15, 0.2) is 74.4 Å². The molecule has 0 fully saturated rings. The molecular formula is C23H15Br2IN2O2. The van der Waals surface area contributed by atoms with Gasteiger partial charge in [0.05, 0.1) is 23.7 Å². The molecule has 1 aromatic heterocycles. The van der Waals surface area contributed by atoms with E-state index in [4.69, 9.17) is 9.72 Å². The second-order valence-corrected chi connectivity index (χ2v) is 9.49. The van der Waals surface area contributed by atoms with Crippen LogP contribution in [0, 0.1) is 3.57 Å². The van der Waals surface area contributed by atoms with Crippen molar-refractivity contribution < 1.29 is 4.74 Å². The molecule has 4 nitrogen and oxygen atoms in total. The molecule has 150 valence electrons. The van der Waals surface area contributed by atoms with Gasteiger partial charge in [-0.2, -0.15) is 0 Å². The first-order valence-corrected chi connectivity index (χ1v) is 11.6. The van der Waals surface area contributed by atoms with E-state index in [9.17, 15) is 4.79 Å². The van der Waals surface area contributed by atoms with Crippen LogP contribution in [-0.4, -0.2) is 16.7 Å². The molecule has 4 rings (SSSR count). The van der Waals surface area contributed by atoms with Gasteiger partial charge in [-0.15, -0.1) is 0 Å². The molecule has 0 spiro atoms. The number of benzene rings is 3. The van der Waals surface area contributed by atoms with Gasteiger partial charge in [0, 0.05) is 12.5 Å². The maximum Gasteiger partial charge on any atom is 0.266 e. The third-order valence-electron chi connectivity index (χ3n) is 4.55. The van der Waals surface area contributed by atoms with Crippen LogP contribution in [-0.2, 0) is 0 Å². The average molecular weight is 638 g/mol. The molecule has 30 heavy (non-hydrogen) atoms. The Hall–Kier alpha value is -1.97. The number of hydrogen-bond donors (Lipinski definition) is 0. The number of nitrogens with zero attached hydrogens (tertiary/aromatic N) is 2. The van der Waals surface area contributed by atoms with E-state index < -0.39 is 0 Å². The van der Waals surface area contributed by atoms with Gasteiger partial charge in [-0.05, 0) is 98.7 Å². The number of ether oxygens (including phenoxy) is 1. The van der Waals surface area contributed by atoms with E-state index in [2.05, 4.69) is 54.5 Å². The monoisotopic (exact) mass is 636 g/mol. The van der Waals surface area contributed by atoms with E-state index in [0.29, 0.717) is 16.7 Å². The molecule has 0 saturated heterocycles. The molecular weight excluding hydrogens is 623 g/mol. The Kier molecular flexibility index (Phi) is 6.40. The molecule has 4 aromatic rings. The summed E-state index contributed by atoms with van der Waals surface area (Å²) >= 11 is 9.29. The fourth-order valence-corrected chi connectivity index (χ4v) is 4.33. The molecule has 1 heterocycles. The van der Waals surface area contributed by atoms with Gasteiger partial charge in [0.25, 0.3) is 5.56 Å². The standard InChI is InChI=1S/C23H15Br2IN2O2/c1-30-17-7-2-14(3-8-17)4-11-22-27-20-10-6-16(26)13-18(20)23(29)28(22)21-12-15(24)5-9-19(21)25/h2-13H,1H3. The van der Waals surface area contributed by atoms with Crippen LogP contribution in [0.3, 0.4) is 0 Å². The van der Waals surface area contributed by atoms with Crippen LogP contribution in [0.5, 0.6) is 5.75 Å². The molecule has 3 aromatic carbocycles. The third kappa shape index (κ3) is 4.38. The largest absolute Gasteiger partial charge is 0.497 e. The quantitative estimate of drug-likeness (QED) is 0.234. The zero-order chi connectivity index (χ0) is 21.3. The molecule has 0 aliphatic heterocycles. The van der Waals surface area contributed by atoms with Crippen molar-refractivity contribution in [1.82, 2.24) is 9.55 Å². The van der Waals surface area contributed by atoms with Gasteiger partial charge in [0.15, 0.2) is 0 Å². The first kappa shape index (κ1) is 21.3. The van der Waals surface area contributed by atoms with Crippen LogP contribution in [0.1, 0.15) is 11.4 Å². The molecule has 0 amide bonds. The smallest absolute Gasteiger partial charge is 0.266 e. The minimum Gasteiger partial charge on any atom is -0.497 e. The summed E-state index contributed by atoms with van der Waals surface area (Å²) in [5.74, 6) is 1.34. The Morgan fingerprint density at radius 2 is 1.77 bits per heavy atom. The Balaban J connectivity index is 1.94. The second-order valence-electron chi connectivity index (χ2n) is 6.47. The Labute approximate surface area is 204 Å². The van der Waals surface area contributed by atoms with Gasteiger partial charge < -0.3 is 4.74 Å². The van der Waals surface area contributed by atoms with Gasteiger partial charge in [-0.3, -0.25) is 9.36 Å². The molecule has 0 N–H and O–H groups in total. The van der Waals surface area contributed by atoms with Gasteiger partial charge in [0.2, 0.25) is 0 Å². The van der Waals surface area contributed by atoms with Crippen molar-refractivity contribution >= 4 is 77.5 Å². The van der Waals surface area contributed by atoms with Gasteiger partial charge in [-0.1, -0.05) is 34.1 Å². The molecule has 0 bridgehead atoms. The minimum absolute atomic E-state index is 0.119. The predicted molar refractivity (Wildman–Crippen MR) is 137 cm³/mol. The first-order valence-electron chi connectivity index (χ1n) is 8.96. The maximum atomic E-state index is 13.5. The topological polar surface area (TPSA) is 44.1 Å². The zero-order valence-corrected chi connectivity index (χ0v) is 21.1. The maximum absolute atomic E-state index is 13.5. The summed E-state index contributed by atoms with van der Waals surface area (Å²) in [6.45, 7) is 0. The molecule has 0 saturated carbocycles. The summed E-state index contributed by atoms with van der Waals surface area (Å²) in [5.41, 5.74) is 2.24. The zero-order valence-electron chi connectivity index (χ0n) is 15.8. The van der Waals surface area contributed by atoms with Crippen LogP contribution in [0.25, 0.3) is 28.7 Å². The minimum atomic E-state index is -0.119. The van der Waals surface area contributed by atoms with Crippen molar-refractivity contribution in [2.24, 2.45) is 0 Å². The number of halogens is 3. The number of methoxy groups -OCH3 is 1. The number of hydrogen-bond acceptors (Lipinski definition) is 3. The summed E-state index contributed by atoms with van der Waals surface area (Å²) in [6, 6.07) is 19.1. The number of aromatic nitrogens is 2. The van der Waals surface area contributed by atoms with Crippen molar-refractivity contribution in [2.75, 3.05) is 7.11 Å². The molecule has 0 aliphatic carbocycles. The van der Waals surface area contributed by atoms with E-state index in [1.807, 2.05) is 72.8 Å². The lowest BCUT2D eigenvalue weighted by Gasteiger charge is -2.13. The van der Waals surface area contributed by atoms with Crippen molar-refractivity contribution in [2.45, 2.75) is 0 Å². The summed E-state index contributed by atoms with van der Waals surface area (Å²) in [5, 5.41) is 0.579. The third-order valence-corrected chi connectivity index (χ3v) is 6.38. The van der Waals surface area contributed by atoms with Gasteiger partial charge in [0.1, 0.15) is 11.6 Å². The van der Waals surface area contributed by atoms with E-state index >= 15 is 0 Å². The average Bonchev–Trinajstić information content (AvgIpc) is 2.75. The molecule has 0 unspecified atom stereocenters. The molecule has 0 atom stereocenters. The highest BCUT2D eigenvalue weighted by Crippen LogP contribution is 2.26. The lowest BCUT2D eigenvalue weighted by Crippen LogP contribution is -2.22. The molecule has 0 radical (unpaired) electrons. The van der Waals surface area contributed by atoms with Crippen molar-refractivity contribution in [3.05, 3.63) is 94.9 Å². The molecule has 7 heteroatoms. The highest BCUT2D eigenvalue weighted by Gasteiger charge is 2.14. The van der Waals surface area contributed by atoms with Crippen molar-refractivity contribution in [1.29, 1.82) is 0 Å². The first-order chi connectivity index (χ1) is 14.5. The fraction of sp³-hybridized carbons (Fsp3) is 0.0435. The van der Waals surface area contributed by atoms with Crippen LogP contribution >= 0.6 is 54.5 Å². The summed E-state index contributed by atoms with van der Waals surface area (Å²) < 4.78 is 9.51. The summed E-state index contributed by atoms with van der Waals surface area (Å²) in [6.07, 6.45) is 3.79. The van der Waals surface area contributed by atoms with E-state index in [0.717, 1.165) is 29.5 Å². The SMILES string of the molecule is COc1ccc(C=Cc2nc3ccc(I)cc3c(=O)n2-c2cc(Br)ccc2Br)cc1. The van der Waals surface area contributed by atoms with E-state index in [-0.39, 0.29) is 5.56 Å². The van der Waals surface area contributed by atoms with E-state index in [1.165, 1.54) is 0 Å². The number of fused-ring (bicyclic) bond motifs is 1. The van der Waals surface area contributed by atoms with Crippen LogP contribution in [0.4, 0.5) is 0 Å². The van der Waals surface area contributed by atoms with Crippen molar-refractivity contribution in [3.8, 4) is 11.4 Å². The second kappa shape index (κ2) is 9.03. The summed E-state index contributed by atoms with van der Waals surface area (Å²) in [7, 11) is 1.64. The van der Waals surface area contributed by atoms with Gasteiger partial charge in [-0.25, -0.2) is 4.98 Å². The Bertz CT molecular complexity index is 1330. The summed E-state index contributed by atoms with van der Waals surface area (Å²) in [4.78, 5) is 18.3.